The van der Waals surface area contributed by atoms with Crippen molar-refractivity contribution in [3.05, 3.63) is 212 Å². The number of anilines is 3. The van der Waals surface area contributed by atoms with E-state index in [9.17, 15) is 0 Å². The number of fused-ring (bicyclic) bond motifs is 6. The monoisotopic (exact) mass is 729 g/mol. The Morgan fingerprint density at radius 1 is 0.281 bits per heavy atom. The van der Waals surface area contributed by atoms with Crippen LogP contribution in [-0.2, 0) is 0 Å². The Labute approximate surface area is 330 Å². The van der Waals surface area contributed by atoms with Gasteiger partial charge in [0, 0.05) is 38.4 Å². The van der Waals surface area contributed by atoms with Crippen molar-refractivity contribution in [2.75, 3.05) is 4.90 Å². The van der Waals surface area contributed by atoms with Gasteiger partial charge in [-0.05, 0) is 94.0 Å². The van der Waals surface area contributed by atoms with E-state index in [0.717, 1.165) is 105 Å². The molecule has 268 valence electrons. The average molecular weight is 730 g/mol. The second-order valence-corrected chi connectivity index (χ2v) is 14.5. The summed E-state index contributed by atoms with van der Waals surface area (Å²) >= 11 is 0. The first-order valence-electron chi connectivity index (χ1n) is 19.3. The highest BCUT2D eigenvalue weighted by Crippen LogP contribution is 2.49. The lowest BCUT2D eigenvalue weighted by Gasteiger charge is -2.31. The average Bonchev–Trinajstić information content (AvgIpc) is 3.85. The summed E-state index contributed by atoms with van der Waals surface area (Å²) in [6.45, 7) is 0. The maximum Gasteiger partial charge on any atom is 0.136 e. The summed E-state index contributed by atoms with van der Waals surface area (Å²) in [5.74, 6) is 0. The Morgan fingerprint density at radius 2 is 0.825 bits per heavy atom. The van der Waals surface area contributed by atoms with Crippen molar-refractivity contribution in [3.8, 4) is 44.5 Å². The Morgan fingerprint density at radius 3 is 1.63 bits per heavy atom. The van der Waals surface area contributed by atoms with E-state index in [1.807, 2.05) is 24.3 Å². The summed E-state index contributed by atoms with van der Waals surface area (Å²) in [7, 11) is 0. The molecule has 0 fully saturated rings. The minimum atomic E-state index is 0.881. The number of hydrogen-bond acceptors (Lipinski definition) is 3. The summed E-state index contributed by atoms with van der Waals surface area (Å²) in [5, 5.41) is 4.47. The number of para-hydroxylation sites is 3. The smallest absolute Gasteiger partial charge is 0.136 e. The topological polar surface area (TPSA) is 29.5 Å². The molecule has 57 heavy (non-hydrogen) atoms. The van der Waals surface area contributed by atoms with Gasteiger partial charge < -0.3 is 13.7 Å². The van der Waals surface area contributed by atoms with Gasteiger partial charge in [-0.3, -0.25) is 0 Å². The minimum Gasteiger partial charge on any atom is -0.456 e. The molecule has 11 rings (SSSR count). The third-order valence-electron chi connectivity index (χ3n) is 11.1. The van der Waals surface area contributed by atoms with Crippen molar-refractivity contribution in [2.45, 2.75) is 0 Å². The van der Waals surface area contributed by atoms with E-state index >= 15 is 0 Å². The zero-order chi connectivity index (χ0) is 37.7. The summed E-state index contributed by atoms with van der Waals surface area (Å²) in [5.41, 5.74) is 15.8. The lowest BCUT2D eigenvalue weighted by Crippen LogP contribution is -2.13. The first-order chi connectivity index (χ1) is 28.3. The van der Waals surface area contributed by atoms with Gasteiger partial charge in [0.1, 0.15) is 22.3 Å². The Bertz CT molecular complexity index is 3250. The number of benzene rings is 9. The molecule has 0 aliphatic heterocycles. The molecule has 3 nitrogen and oxygen atoms in total. The van der Waals surface area contributed by atoms with E-state index in [0.29, 0.717) is 0 Å². The molecule has 0 amide bonds. The number of rotatable bonds is 7. The maximum absolute atomic E-state index is 6.34. The SMILES string of the molecule is c1ccc(-c2ccccc2N(c2cccc(-c3ccc4c(c3)oc3ccccc34)c2)c2cccc(-c3ccc4oc5ccccc5c4c3)c2-c2ccccc2)cc1. The maximum atomic E-state index is 6.34. The molecule has 0 unspecified atom stereocenters. The normalized spacial score (nSPS) is 11.5. The van der Waals surface area contributed by atoms with E-state index in [1.165, 1.54) is 0 Å². The van der Waals surface area contributed by atoms with Crippen molar-refractivity contribution in [1.82, 2.24) is 0 Å². The first kappa shape index (κ1) is 32.8. The Hall–Kier alpha value is -7.62. The standard InChI is InChI=1S/C54H35NO2/c1-3-15-36(16-4-1)42-21-7-10-25-48(42)55(41-20-13-19-38(33-41)39-29-31-46-44-22-8-11-27-50(44)57-53(46)35-39)49-26-14-24-43(54(49)37-17-5-2-6-18-37)40-30-32-52-47(34-40)45-23-9-12-28-51(45)56-52/h1-35H. The third-order valence-corrected chi connectivity index (χ3v) is 11.1. The van der Waals surface area contributed by atoms with Gasteiger partial charge in [0.15, 0.2) is 0 Å². The molecule has 11 aromatic rings. The fourth-order valence-corrected chi connectivity index (χ4v) is 8.44. The molecule has 2 aromatic heterocycles. The zero-order valence-electron chi connectivity index (χ0n) is 31.0. The van der Waals surface area contributed by atoms with E-state index in [4.69, 9.17) is 8.83 Å². The van der Waals surface area contributed by atoms with Crippen LogP contribution in [0.25, 0.3) is 88.4 Å². The van der Waals surface area contributed by atoms with E-state index in [2.05, 4.69) is 193 Å². The van der Waals surface area contributed by atoms with Gasteiger partial charge in [0.25, 0.3) is 0 Å². The van der Waals surface area contributed by atoms with Crippen LogP contribution in [-0.4, -0.2) is 0 Å². The molecule has 0 spiro atoms. The largest absolute Gasteiger partial charge is 0.456 e. The molecule has 9 aromatic carbocycles. The molecule has 0 saturated carbocycles. The fourth-order valence-electron chi connectivity index (χ4n) is 8.44. The summed E-state index contributed by atoms with van der Waals surface area (Å²) in [4.78, 5) is 2.43. The van der Waals surface area contributed by atoms with E-state index < -0.39 is 0 Å². The van der Waals surface area contributed by atoms with Gasteiger partial charge in [0.2, 0.25) is 0 Å². The zero-order valence-corrected chi connectivity index (χ0v) is 31.0. The Balaban J connectivity index is 1.16. The summed E-state index contributed by atoms with van der Waals surface area (Å²) in [6, 6.07) is 75.4. The lowest BCUT2D eigenvalue weighted by atomic mass is 9.91. The quantitative estimate of drug-likeness (QED) is 0.164. The number of furan rings is 2. The van der Waals surface area contributed by atoms with E-state index in [1.54, 1.807) is 0 Å². The molecular weight excluding hydrogens is 695 g/mol. The van der Waals surface area contributed by atoms with Crippen LogP contribution >= 0.6 is 0 Å². The molecule has 3 heteroatoms. The van der Waals surface area contributed by atoms with Crippen LogP contribution in [0.2, 0.25) is 0 Å². The van der Waals surface area contributed by atoms with Crippen molar-refractivity contribution in [1.29, 1.82) is 0 Å². The van der Waals surface area contributed by atoms with Crippen LogP contribution in [0.3, 0.4) is 0 Å². The van der Waals surface area contributed by atoms with Crippen molar-refractivity contribution in [3.63, 3.8) is 0 Å². The van der Waals surface area contributed by atoms with Crippen LogP contribution < -0.4 is 4.90 Å². The molecule has 0 bridgehead atoms. The third kappa shape index (κ3) is 5.68. The Kier molecular flexibility index (Phi) is 7.82. The van der Waals surface area contributed by atoms with E-state index in [-0.39, 0.29) is 0 Å². The van der Waals surface area contributed by atoms with Gasteiger partial charge in [-0.2, -0.15) is 0 Å². The van der Waals surface area contributed by atoms with Crippen LogP contribution in [0.4, 0.5) is 17.1 Å². The lowest BCUT2D eigenvalue weighted by molar-refractivity contribution is 0.668. The number of hydrogen-bond donors (Lipinski definition) is 0. The molecule has 2 heterocycles. The van der Waals surface area contributed by atoms with Crippen LogP contribution in [0.1, 0.15) is 0 Å². The van der Waals surface area contributed by atoms with Gasteiger partial charge in [0.05, 0.1) is 11.4 Å². The van der Waals surface area contributed by atoms with Crippen LogP contribution in [0.15, 0.2) is 221 Å². The molecule has 0 saturated heterocycles. The molecule has 0 radical (unpaired) electrons. The van der Waals surface area contributed by atoms with Crippen molar-refractivity contribution >= 4 is 60.9 Å². The molecular formula is C54H35NO2. The highest BCUT2D eigenvalue weighted by molar-refractivity contribution is 6.08. The van der Waals surface area contributed by atoms with Crippen molar-refractivity contribution < 1.29 is 8.83 Å². The predicted octanol–water partition coefficient (Wildman–Crippen LogP) is 15.6. The molecule has 0 aliphatic rings. The molecule has 0 aliphatic carbocycles. The van der Waals surface area contributed by atoms with Gasteiger partial charge >= 0.3 is 0 Å². The first-order valence-corrected chi connectivity index (χ1v) is 19.3. The second kappa shape index (κ2) is 13.6. The van der Waals surface area contributed by atoms with Gasteiger partial charge in [-0.15, -0.1) is 0 Å². The fraction of sp³-hybridized carbons (Fsp3) is 0. The predicted molar refractivity (Wildman–Crippen MR) is 237 cm³/mol. The highest BCUT2D eigenvalue weighted by Gasteiger charge is 2.24. The van der Waals surface area contributed by atoms with Gasteiger partial charge in [-0.1, -0.05) is 152 Å². The minimum absolute atomic E-state index is 0.881. The molecule has 0 atom stereocenters. The van der Waals surface area contributed by atoms with Crippen LogP contribution in [0, 0.1) is 0 Å². The molecule has 0 N–H and O–H groups in total. The van der Waals surface area contributed by atoms with Gasteiger partial charge in [-0.25, -0.2) is 0 Å². The highest BCUT2D eigenvalue weighted by atomic mass is 16.3. The number of nitrogens with zero attached hydrogens (tertiary/aromatic N) is 1. The van der Waals surface area contributed by atoms with Crippen LogP contribution in [0.5, 0.6) is 0 Å². The van der Waals surface area contributed by atoms with Crippen molar-refractivity contribution in [2.24, 2.45) is 0 Å². The summed E-state index contributed by atoms with van der Waals surface area (Å²) in [6.07, 6.45) is 0. The summed E-state index contributed by atoms with van der Waals surface area (Å²) < 4.78 is 12.6. The second-order valence-electron chi connectivity index (χ2n) is 14.5.